The summed E-state index contributed by atoms with van der Waals surface area (Å²) in [6, 6.07) is 6.37. The van der Waals surface area contributed by atoms with E-state index in [9.17, 15) is 0 Å². The summed E-state index contributed by atoms with van der Waals surface area (Å²) >= 11 is 6.29. The molecule has 0 aliphatic rings. The zero-order valence-electron chi connectivity index (χ0n) is 13.4. The van der Waals surface area contributed by atoms with Crippen LogP contribution in [0.2, 0.25) is 0 Å². The minimum absolute atomic E-state index is 0.0886. The van der Waals surface area contributed by atoms with Crippen LogP contribution < -0.4 is 0 Å². The van der Waals surface area contributed by atoms with Gasteiger partial charge in [0.2, 0.25) is 0 Å². The highest BCUT2D eigenvalue weighted by atomic mass is 35.5. The molecule has 0 N–H and O–H groups in total. The molecular weight excluding hydrogens is 284 g/mol. The van der Waals surface area contributed by atoms with Crippen LogP contribution in [-0.2, 0) is 11.3 Å². The van der Waals surface area contributed by atoms with Crippen molar-refractivity contribution in [2.45, 2.75) is 46.0 Å². The van der Waals surface area contributed by atoms with Gasteiger partial charge in [0.1, 0.15) is 5.82 Å². The van der Waals surface area contributed by atoms with Crippen molar-refractivity contribution < 1.29 is 4.74 Å². The fraction of sp³-hybridized carbons (Fsp3) is 0.588. The molecule has 1 atom stereocenters. The third-order valence-electron chi connectivity index (χ3n) is 3.41. The van der Waals surface area contributed by atoms with E-state index >= 15 is 0 Å². The molecule has 21 heavy (non-hydrogen) atoms. The van der Waals surface area contributed by atoms with Crippen LogP contribution in [0.15, 0.2) is 18.2 Å². The lowest BCUT2D eigenvalue weighted by atomic mass is 10.2. The van der Waals surface area contributed by atoms with Crippen molar-refractivity contribution in [3.63, 3.8) is 0 Å². The quantitative estimate of drug-likeness (QED) is 0.547. The SMILES string of the molecule is Cc1ccc2c(c1)nc(C(C)Cl)n2CCCOCC(C)C. The first-order chi connectivity index (χ1) is 9.99. The molecule has 0 radical (unpaired) electrons. The highest BCUT2D eigenvalue weighted by Crippen LogP contribution is 2.25. The molecule has 0 aliphatic carbocycles. The summed E-state index contributed by atoms with van der Waals surface area (Å²) in [6.45, 7) is 10.9. The molecule has 116 valence electrons. The van der Waals surface area contributed by atoms with Gasteiger partial charge < -0.3 is 9.30 Å². The zero-order chi connectivity index (χ0) is 15.4. The van der Waals surface area contributed by atoms with Gasteiger partial charge in [-0.05, 0) is 43.9 Å². The maximum atomic E-state index is 6.29. The number of hydrogen-bond acceptors (Lipinski definition) is 2. The van der Waals surface area contributed by atoms with Crippen LogP contribution >= 0.6 is 11.6 Å². The molecule has 1 aromatic heterocycles. The number of aromatic nitrogens is 2. The number of rotatable bonds is 7. The largest absolute Gasteiger partial charge is 0.381 e. The van der Waals surface area contributed by atoms with E-state index in [4.69, 9.17) is 21.3 Å². The summed E-state index contributed by atoms with van der Waals surface area (Å²) in [6.07, 6.45) is 0.975. The monoisotopic (exact) mass is 308 g/mol. The lowest BCUT2D eigenvalue weighted by molar-refractivity contribution is 0.105. The van der Waals surface area contributed by atoms with Gasteiger partial charge >= 0.3 is 0 Å². The van der Waals surface area contributed by atoms with Crippen LogP contribution in [0, 0.1) is 12.8 Å². The van der Waals surface area contributed by atoms with E-state index in [1.165, 1.54) is 5.56 Å². The molecule has 1 aromatic carbocycles. The molecule has 0 amide bonds. The molecule has 1 heterocycles. The molecule has 1 unspecified atom stereocenters. The average molecular weight is 309 g/mol. The summed E-state index contributed by atoms with van der Waals surface area (Å²) in [4.78, 5) is 4.69. The fourth-order valence-electron chi connectivity index (χ4n) is 2.44. The van der Waals surface area contributed by atoms with E-state index in [1.54, 1.807) is 0 Å². The van der Waals surface area contributed by atoms with Gasteiger partial charge in [-0.2, -0.15) is 0 Å². The van der Waals surface area contributed by atoms with E-state index in [0.717, 1.165) is 43.0 Å². The van der Waals surface area contributed by atoms with Crippen LogP contribution in [0.5, 0.6) is 0 Å². The van der Waals surface area contributed by atoms with Gasteiger partial charge in [-0.1, -0.05) is 19.9 Å². The molecule has 0 bridgehead atoms. The second kappa shape index (κ2) is 7.28. The van der Waals surface area contributed by atoms with Gasteiger partial charge in [0, 0.05) is 19.8 Å². The topological polar surface area (TPSA) is 27.1 Å². The molecule has 4 heteroatoms. The summed E-state index contributed by atoms with van der Waals surface area (Å²) < 4.78 is 7.89. The molecule has 0 aliphatic heterocycles. The van der Waals surface area contributed by atoms with E-state index in [1.807, 2.05) is 6.92 Å². The highest BCUT2D eigenvalue weighted by molar-refractivity contribution is 6.20. The predicted molar refractivity (Wildman–Crippen MR) is 89.0 cm³/mol. The number of benzene rings is 1. The molecule has 0 fully saturated rings. The first-order valence-electron chi connectivity index (χ1n) is 7.67. The molecule has 0 saturated carbocycles. The van der Waals surface area contributed by atoms with Crippen LogP contribution in [-0.4, -0.2) is 22.8 Å². The van der Waals surface area contributed by atoms with Gasteiger partial charge in [-0.15, -0.1) is 11.6 Å². The number of alkyl halides is 1. The van der Waals surface area contributed by atoms with Crippen LogP contribution in [0.4, 0.5) is 0 Å². The third kappa shape index (κ3) is 4.21. The molecule has 3 nitrogen and oxygen atoms in total. The van der Waals surface area contributed by atoms with Gasteiger partial charge in [-0.25, -0.2) is 4.98 Å². The standard InChI is InChI=1S/C17H25ClN2O/c1-12(2)11-21-9-5-8-20-16-7-6-13(3)10-15(16)19-17(20)14(4)18/h6-7,10,12,14H,5,8-9,11H2,1-4H3. The number of hydrogen-bond donors (Lipinski definition) is 0. The Labute approximate surface area is 132 Å². The Hall–Kier alpha value is -1.06. The molecule has 0 spiro atoms. The van der Waals surface area contributed by atoms with Gasteiger partial charge in [-0.3, -0.25) is 0 Å². The summed E-state index contributed by atoms with van der Waals surface area (Å²) in [7, 11) is 0. The van der Waals surface area contributed by atoms with Crippen molar-refractivity contribution in [1.82, 2.24) is 9.55 Å². The Kier molecular flexibility index (Phi) is 5.65. The van der Waals surface area contributed by atoms with Crippen LogP contribution in [0.1, 0.15) is 44.0 Å². The smallest absolute Gasteiger partial charge is 0.127 e. The number of fused-ring (bicyclic) bond motifs is 1. The van der Waals surface area contributed by atoms with Crippen LogP contribution in [0.3, 0.4) is 0 Å². The maximum Gasteiger partial charge on any atom is 0.127 e. The summed E-state index contributed by atoms with van der Waals surface area (Å²) in [5.74, 6) is 1.53. The predicted octanol–water partition coefficient (Wildman–Crippen LogP) is 4.71. The first-order valence-corrected chi connectivity index (χ1v) is 8.11. The van der Waals surface area contributed by atoms with Crippen molar-refractivity contribution in [2.75, 3.05) is 13.2 Å². The van der Waals surface area contributed by atoms with Crippen molar-refractivity contribution in [1.29, 1.82) is 0 Å². The lowest BCUT2D eigenvalue weighted by Gasteiger charge is -2.11. The van der Waals surface area contributed by atoms with Crippen molar-refractivity contribution in [3.05, 3.63) is 29.6 Å². The number of halogens is 1. The summed E-state index contributed by atoms with van der Waals surface area (Å²) in [5.41, 5.74) is 3.41. The number of ether oxygens (including phenoxy) is 1. The Bertz CT molecular complexity index is 590. The highest BCUT2D eigenvalue weighted by Gasteiger charge is 2.14. The van der Waals surface area contributed by atoms with Crippen molar-refractivity contribution in [2.24, 2.45) is 5.92 Å². The third-order valence-corrected chi connectivity index (χ3v) is 3.61. The van der Waals surface area contributed by atoms with E-state index < -0.39 is 0 Å². The van der Waals surface area contributed by atoms with Crippen molar-refractivity contribution in [3.8, 4) is 0 Å². The Balaban J connectivity index is 2.11. The lowest BCUT2D eigenvalue weighted by Crippen LogP contribution is -2.09. The van der Waals surface area contributed by atoms with Gasteiger partial charge in [0.15, 0.2) is 0 Å². The normalized spacial score (nSPS) is 13.2. The van der Waals surface area contributed by atoms with E-state index in [2.05, 4.69) is 43.5 Å². The number of aryl methyl sites for hydroxylation is 2. The maximum absolute atomic E-state index is 6.29. The van der Waals surface area contributed by atoms with Gasteiger partial charge in [0.05, 0.1) is 16.4 Å². The first kappa shape index (κ1) is 16.3. The molecule has 2 aromatic rings. The van der Waals surface area contributed by atoms with Gasteiger partial charge in [0.25, 0.3) is 0 Å². The second-order valence-electron chi connectivity index (χ2n) is 6.05. The minimum Gasteiger partial charge on any atom is -0.381 e. The Morgan fingerprint density at radius 3 is 2.71 bits per heavy atom. The minimum atomic E-state index is -0.0886. The fourth-order valence-corrected chi connectivity index (χ4v) is 2.61. The van der Waals surface area contributed by atoms with E-state index in [-0.39, 0.29) is 5.38 Å². The second-order valence-corrected chi connectivity index (χ2v) is 6.71. The Morgan fingerprint density at radius 1 is 1.29 bits per heavy atom. The molecule has 0 saturated heterocycles. The number of imidazole rings is 1. The van der Waals surface area contributed by atoms with Crippen molar-refractivity contribution >= 4 is 22.6 Å². The zero-order valence-corrected chi connectivity index (χ0v) is 14.2. The molecular formula is C17H25ClN2O. The van der Waals surface area contributed by atoms with Crippen LogP contribution in [0.25, 0.3) is 11.0 Å². The summed E-state index contributed by atoms with van der Waals surface area (Å²) in [5, 5.41) is -0.0886. The van der Waals surface area contributed by atoms with E-state index in [0.29, 0.717) is 5.92 Å². The molecule has 2 rings (SSSR count). The average Bonchev–Trinajstić information content (AvgIpc) is 2.76. The Morgan fingerprint density at radius 2 is 2.05 bits per heavy atom. The number of nitrogens with zero attached hydrogens (tertiary/aromatic N) is 2.